The van der Waals surface area contributed by atoms with E-state index in [0.29, 0.717) is 67.6 Å². The van der Waals surface area contributed by atoms with Crippen molar-refractivity contribution in [1.82, 2.24) is 20.0 Å². The average molecular weight is 833 g/mol. The van der Waals surface area contributed by atoms with Gasteiger partial charge in [0.1, 0.15) is 18.9 Å². The van der Waals surface area contributed by atoms with Gasteiger partial charge in [0.25, 0.3) is 0 Å². The highest BCUT2D eigenvalue weighted by Crippen LogP contribution is 2.68. The van der Waals surface area contributed by atoms with Gasteiger partial charge in [-0.2, -0.15) is 0 Å². The van der Waals surface area contributed by atoms with Crippen molar-refractivity contribution in [2.75, 3.05) is 73.7 Å². The second-order valence-electron chi connectivity index (χ2n) is 18.3. The van der Waals surface area contributed by atoms with E-state index < -0.39 is 18.0 Å². The molecule has 0 bridgehead atoms. The Morgan fingerprint density at radius 1 is 0.763 bits per heavy atom. The summed E-state index contributed by atoms with van der Waals surface area (Å²) in [5.41, 5.74) is -0.0721. The zero-order valence-electron chi connectivity index (χ0n) is 36.4. The van der Waals surface area contributed by atoms with E-state index in [0.717, 1.165) is 64.1 Å². The van der Waals surface area contributed by atoms with E-state index in [-0.39, 0.29) is 87.0 Å². The van der Waals surface area contributed by atoms with E-state index in [1.54, 1.807) is 9.80 Å². The molecule has 0 aromatic carbocycles. The van der Waals surface area contributed by atoms with Gasteiger partial charge in [0.05, 0.1) is 59.7 Å². The highest BCUT2D eigenvalue weighted by molar-refractivity contribution is 5.77. The number of hydrogen-bond donors (Lipinski definition) is 2. The SMILES string of the molecule is COC(=O)CCC(C)[C@H]1CCC2C3CC[C@@H]4C[C@@H](NC(=O)CCC(C=O)N(CCN(CC=O)CC=O)CCN(CC(=O)OC)CC(=O)OC)CC[C@]4(C)C3C[C@H](O)[C@@]21C. The van der Waals surface area contributed by atoms with Crippen LogP contribution in [0.1, 0.15) is 97.8 Å². The van der Waals surface area contributed by atoms with Crippen molar-refractivity contribution in [1.29, 1.82) is 0 Å². The monoisotopic (exact) mass is 833 g/mol. The van der Waals surface area contributed by atoms with Crippen LogP contribution in [0.15, 0.2) is 0 Å². The van der Waals surface area contributed by atoms with Gasteiger partial charge in [-0.25, -0.2) is 0 Å². The summed E-state index contributed by atoms with van der Waals surface area (Å²) in [4.78, 5) is 89.8. The maximum absolute atomic E-state index is 13.5. The van der Waals surface area contributed by atoms with Crippen LogP contribution in [-0.2, 0) is 47.8 Å². The van der Waals surface area contributed by atoms with Gasteiger partial charge in [-0.1, -0.05) is 20.8 Å². The molecule has 4 saturated carbocycles. The van der Waals surface area contributed by atoms with Crippen molar-refractivity contribution in [3.63, 3.8) is 0 Å². The van der Waals surface area contributed by atoms with Crippen LogP contribution in [0.25, 0.3) is 0 Å². The van der Waals surface area contributed by atoms with Crippen molar-refractivity contribution in [2.45, 2.75) is 116 Å². The molecule has 0 aliphatic heterocycles. The second kappa shape index (κ2) is 22.5. The number of nitrogens with zero attached hydrogens (tertiary/aromatic N) is 3. The van der Waals surface area contributed by atoms with Crippen LogP contribution in [0.3, 0.4) is 0 Å². The summed E-state index contributed by atoms with van der Waals surface area (Å²) >= 11 is 0. The summed E-state index contributed by atoms with van der Waals surface area (Å²) in [6.45, 7) is 7.80. The number of amides is 1. The third-order valence-corrected chi connectivity index (χ3v) is 15.5. The second-order valence-corrected chi connectivity index (χ2v) is 18.3. The van der Waals surface area contributed by atoms with Gasteiger partial charge in [-0.3, -0.25) is 33.9 Å². The number of aliphatic hydroxyl groups is 1. The van der Waals surface area contributed by atoms with E-state index in [4.69, 9.17) is 14.2 Å². The molecule has 0 aromatic rings. The predicted molar refractivity (Wildman–Crippen MR) is 219 cm³/mol. The molecule has 15 heteroatoms. The number of carbonyl (C=O) groups is 7. The van der Waals surface area contributed by atoms with Crippen molar-refractivity contribution < 1.29 is 52.9 Å². The molecule has 0 heterocycles. The molecule has 5 unspecified atom stereocenters. The molecule has 1 amide bonds. The molecule has 15 nitrogen and oxygen atoms in total. The first-order chi connectivity index (χ1) is 28.2. The lowest BCUT2D eigenvalue weighted by Crippen LogP contribution is -2.59. The number of ether oxygens (including phenoxy) is 3. The Labute approximate surface area is 351 Å². The summed E-state index contributed by atoms with van der Waals surface area (Å²) in [5, 5.41) is 15.3. The number of esters is 3. The zero-order valence-corrected chi connectivity index (χ0v) is 36.4. The normalized spacial score (nSPS) is 31.0. The minimum Gasteiger partial charge on any atom is -0.469 e. The molecule has 334 valence electrons. The first-order valence-corrected chi connectivity index (χ1v) is 21.9. The first kappa shape index (κ1) is 48.4. The predicted octanol–water partition coefficient (Wildman–Crippen LogP) is 2.69. The number of aliphatic hydroxyl groups excluding tert-OH is 1. The summed E-state index contributed by atoms with van der Waals surface area (Å²) in [7, 11) is 3.94. The van der Waals surface area contributed by atoms with Crippen molar-refractivity contribution in [2.24, 2.45) is 46.3 Å². The molecule has 4 aliphatic rings. The lowest BCUT2D eigenvalue weighted by molar-refractivity contribution is -0.170. The van der Waals surface area contributed by atoms with Gasteiger partial charge < -0.3 is 39.0 Å². The Kier molecular flexibility index (Phi) is 18.5. The van der Waals surface area contributed by atoms with Crippen LogP contribution >= 0.6 is 0 Å². The van der Waals surface area contributed by atoms with E-state index in [1.165, 1.54) is 21.3 Å². The Morgan fingerprint density at radius 2 is 1.39 bits per heavy atom. The van der Waals surface area contributed by atoms with E-state index in [1.807, 2.05) is 4.90 Å². The van der Waals surface area contributed by atoms with Crippen LogP contribution in [0.5, 0.6) is 0 Å². The fourth-order valence-electron chi connectivity index (χ4n) is 12.0. The number of aldehydes is 3. The van der Waals surface area contributed by atoms with Gasteiger partial charge in [-0.05, 0) is 111 Å². The van der Waals surface area contributed by atoms with Crippen LogP contribution in [0.4, 0.5) is 0 Å². The summed E-state index contributed by atoms with van der Waals surface area (Å²) in [6.07, 6.45) is 11.3. The molecule has 2 N–H and O–H groups in total. The largest absolute Gasteiger partial charge is 0.469 e. The minimum atomic E-state index is -0.674. The highest BCUT2D eigenvalue weighted by Gasteiger charge is 2.63. The van der Waals surface area contributed by atoms with E-state index >= 15 is 0 Å². The fourth-order valence-corrected chi connectivity index (χ4v) is 12.0. The number of methoxy groups -OCH3 is 3. The number of hydrogen-bond acceptors (Lipinski definition) is 14. The molecule has 4 rings (SSSR count). The fraction of sp³-hybridized carbons (Fsp3) is 0.841. The van der Waals surface area contributed by atoms with Crippen LogP contribution in [0, 0.1) is 46.3 Å². The number of nitrogens with one attached hydrogen (secondary N) is 1. The quantitative estimate of drug-likeness (QED) is 0.0821. The standard InChI is InChI=1S/C44H72N4O11/c1-30(7-14-40(54)57-4)35-11-12-36-34-10-8-31-25-32(15-16-43(31,2)37(34)26-38(52)44(35,36)3)45-39(53)13-9-33(29-51)48(19-17-46(21-23-49)22-24-50)20-18-47(27-41(55)58-5)28-42(56)59-6/h23-24,29-38,52H,7-22,25-28H2,1-6H3,(H,45,53)/t30?,31-,32+,33?,34?,35-,36?,37?,38+,43+,44-/m1/s1. The highest BCUT2D eigenvalue weighted by atomic mass is 16.5. The Morgan fingerprint density at radius 3 is 1.98 bits per heavy atom. The van der Waals surface area contributed by atoms with Crippen molar-refractivity contribution in [3.05, 3.63) is 0 Å². The molecule has 0 saturated heterocycles. The topological polar surface area (TPSA) is 189 Å². The lowest BCUT2D eigenvalue weighted by Gasteiger charge is -2.62. The third kappa shape index (κ3) is 12.0. The molecular formula is C44H72N4O11. The van der Waals surface area contributed by atoms with Gasteiger partial charge >= 0.3 is 17.9 Å². The van der Waals surface area contributed by atoms with Crippen LogP contribution < -0.4 is 5.32 Å². The maximum atomic E-state index is 13.5. The van der Waals surface area contributed by atoms with Crippen molar-refractivity contribution in [3.8, 4) is 0 Å². The smallest absolute Gasteiger partial charge is 0.319 e. The number of rotatable bonds is 24. The van der Waals surface area contributed by atoms with Crippen LogP contribution in [0.2, 0.25) is 0 Å². The summed E-state index contributed by atoms with van der Waals surface area (Å²) in [6, 6.07) is -0.647. The first-order valence-electron chi connectivity index (χ1n) is 21.9. The number of fused-ring (bicyclic) bond motifs is 5. The Bertz CT molecular complexity index is 1420. The molecule has 0 aromatic heterocycles. The van der Waals surface area contributed by atoms with Gasteiger partial charge in [-0.15, -0.1) is 0 Å². The van der Waals surface area contributed by atoms with Crippen molar-refractivity contribution >= 4 is 42.7 Å². The minimum absolute atomic E-state index is 0.0265. The molecular weight excluding hydrogens is 761 g/mol. The molecule has 0 spiro atoms. The third-order valence-electron chi connectivity index (χ3n) is 15.5. The lowest BCUT2D eigenvalue weighted by atomic mass is 9.43. The zero-order chi connectivity index (χ0) is 43.3. The average Bonchev–Trinajstić information content (AvgIpc) is 3.59. The van der Waals surface area contributed by atoms with Gasteiger partial charge in [0.2, 0.25) is 5.91 Å². The molecule has 11 atom stereocenters. The Balaban J connectivity index is 1.36. The summed E-state index contributed by atoms with van der Waals surface area (Å²) < 4.78 is 14.5. The molecule has 4 aliphatic carbocycles. The molecule has 0 radical (unpaired) electrons. The molecule has 59 heavy (non-hydrogen) atoms. The molecule has 4 fully saturated rings. The van der Waals surface area contributed by atoms with E-state index in [2.05, 4.69) is 26.1 Å². The van der Waals surface area contributed by atoms with Gasteiger partial charge in [0.15, 0.2) is 0 Å². The summed E-state index contributed by atoms with van der Waals surface area (Å²) in [5.74, 6) is 1.23. The van der Waals surface area contributed by atoms with Gasteiger partial charge in [0, 0.05) is 45.1 Å². The Hall–Kier alpha value is -3.27. The number of carbonyl (C=O) groups excluding carboxylic acids is 7. The van der Waals surface area contributed by atoms with Crippen LogP contribution in [-0.4, -0.2) is 154 Å². The van der Waals surface area contributed by atoms with E-state index in [9.17, 15) is 38.7 Å². The maximum Gasteiger partial charge on any atom is 0.319 e.